The largest absolute Gasteiger partial charge is 0.480 e. The summed E-state index contributed by atoms with van der Waals surface area (Å²) >= 11 is 0. The van der Waals surface area contributed by atoms with E-state index in [-0.39, 0.29) is 12.0 Å². The van der Waals surface area contributed by atoms with Gasteiger partial charge in [-0.3, -0.25) is 0 Å². The van der Waals surface area contributed by atoms with Crippen LogP contribution >= 0.6 is 0 Å². The lowest BCUT2D eigenvalue weighted by atomic mass is 9.87. The van der Waals surface area contributed by atoms with Crippen LogP contribution in [0.3, 0.4) is 0 Å². The second-order valence-corrected chi connectivity index (χ2v) is 6.13. The highest BCUT2D eigenvalue weighted by molar-refractivity contribution is 5.80. The van der Waals surface area contributed by atoms with Gasteiger partial charge in [-0.25, -0.2) is 9.59 Å². The minimum atomic E-state index is -1.06. The number of hydrogen-bond acceptors (Lipinski definition) is 3. The van der Waals surface area contributed by atoms with Crippen LogP contribution in [0.4, 0.5) is 4.79 Å². The summed E-state index contributed by atoms with van der Waals surface area (Å²) in [6.45, 7) is 7.25. The normalized spacial score (nSPS) is 22.2. The monoisotopic (exact) mass is 281 g/mol. The first-order chi connectivity index (χ1) is 9.25. The molecule has 0 unspecified atom stereocenters. The fourth-order valence-corrected chi connectivity index (χ4v) is 1.85. The van der Waals surface area contributed by atoms with Crippen molar-refractivity contribution in [3.05, 3.63) is 0 Å². The number of alkyl carbamates (subject to hydrolysis) is 1. The fourth-order valence-electron chi connectivity index (χ4n) is 1.85. The number of hydrogen-bond donors (Lipinski definition) is 2. The van der Waals surface area contributed by atoms with E-state index in [0.717, 1.165) is 19.3 Å². The summed E-state index contributed by atoms with van der Waals surface area (Å²) in [6.07, 6.45) is 1.57. The molecule has 0 saturated heterocycles. The highest BCUT2D eigenvalue weighted by atomic mass is 16.6. The number of carboxylic acids is 1. The lowest BCUT2D eigenvalue weighted by molar-refractivity contribution is -0.142. The summed E-state index contributed by atoms with van der Waals surface area (Å²) in [7, 11) is 0. The Morgan fingerprint density at radius 3 is 2.55 bits per heavy atom. The SMILES string of the molecule is CCC#CC[C@@H]1C[C@H]1OC(=O)N[C@H](C(=O)O)C(C)(C)C. The number of rotatable bonds is 4. The van der Waals surface area contributed by atoms with Crippen molar-refractivity contribution in [2.24, 2.45) is 11.3 Å². The molecule has 0 radical (unpaired) electrons. The maximum atomic E-state index is 11.7. The Bertz CT molecular complexity index is 427. The van der Waals surface area contributed by atoms with Crippen LogP contribution < -0.4 is 5.32 Å². The van der Waals surface area contributed by atoms with E-state index in [9.17, 15) is 9.59 Å². The van der Waals surface area contributed by atoms with Gasteiger partial charge in [0.2, 0.25) is 0 Å². The van der Waals surface area contributed by atoms with E-state index in [1.165, 1.54) is 0 Å². The molecule has 0 aromatic carbocycles. The first-order valence-electron chi connectivity index (χ1n) is 6.91. The molecule has 0 aromatic heterocycles. The molecule has 1 fully saturated rings. The second-order valence-electron chi connectivity index (χ2n) is 6.13. The topological polar surface area (TPSA) is 75.6 Å². The van der Waals surface area contributed by atoms with Gasteiger partial charge in [-0.15, -0.1) is 11.8 Å². The van der Waals surface area contributed by atoms with Crippen LogP contribution in [-0.2, 0) is 9.53 Å². The molecule has 0 aromatic rings. The third kappa shape index (κ3) is 5.12. The molecule has 1 amide bonds. The van der Waals surface area contributed by atoms with Crippen LogP contribution in [-0.4, -0.2) is 29.3 Å². The molecule has 2 N–H and O–H groups in total. The summed E-state index contributed by atoms with van der Waals surface area (Å²) in [6, 6.07) is -0.966. The lowest BCUT2D eigenvalue weighted by Gasteiger charge is -2.27. The van der Waals surface area contributed by atoms with Gasteiger partial charge < -0.3 is 15.2 Å². The summed E-state index contributed by atoms with van der Waals surface area (Å²) in [5.74, 6) is 5.23. The van der Waals surface area contributed by atoms with Gasteiger partial charge in [-0.05, 0) is 11.8 Å². The second kappa shape index (κ2) is 6.65. The molecule has 3 atom stereocenters. The van der Waals surface area contributed by atoms with E-state index in [1.54, 1.807) is 20.8 Å². The standard InChI is InChI=1S/C15H23NO4/c1-5-6-7-8-10-9-11(10)20-14(19)16-12(13(17)18)15(2,3)4/h10-12H,5,8-9H2,1-4H3,(H,16,19)(H,17,18)/t10-,11-,12-/m1/s1. The molecule has 5 nitrogen and oxygen atoms in total. The van der Waals surface area contributed by atoms with Crippen molar-refractivity contribution in [3.8, 4) is 11.8 Å². The molecule has 1 rings (SSSR count). The molecular weight excluding hydrogens is 258 g/mol. The van der Waals surface area contributed by atoms with Gasteiger partial charge in [0.1, 0.15) is 12.1 Å². The zero-order chi connectivity index (χ0) is 15.3. The maximum absolute atomic E-state index is 11.7. The third-order valence-electron chi connectivity index (χ3n) is 3.16. The van der Waals surface area contributed by atoms with Crippen LogP contribution in [0.25, 0.3) is 0 Å². The quantitative estimate of drug-likeness (QED) is 0.776. The number of carbonyl (C=O) groups is 2. The minimum Gasteiger partial charge on any atom is -0.480 e. The van der Waals surface area contributed by atoms with Crippen molar-refractivity contribution in [1.29, 1.82) is 0 Å². The Morgan fingerprint density at radius 1 is 1.40 bits per heavy atom. The molecule has 20 heavy (non-hydrogen) atoms. The predicted octanol–water partition coefficient (Wildman–Crippen LogP) is 2.40. The van der Waals surface area contributed by atoms with Gasteiger partial charge in [0.25, 0.3) is 0 Å². The van der Waals surface area contributed by atoms with Crippen LogP contribution in [0.15, 0.2) is 0 Å². The zero-order valence-electron chi connectivity index (χ0n) is 12.5. The molecule has 0 bridgehead atoms. The number of aliphatic carboxylic acids is 1. The fraction of sp³-hybridized carbons (Fsp3) is 0.733. The molecule has 1 aliphatic carbocycles. The number of nitrogens with one attached hydrogen (secondary N) is 1. The van der Waals surface area contributed by atoms with Gasteiger partial charge in [0.05, 0.1) is 0 Å². The van der Waals surface area contributed by atoms with E-state index in [4.69, 9.17) is 9.84 Å². The molecule has 1 saturated carbocycles. The van der Waals surface area contributed by atoms with E-state index >= 15 is 0 Å². The molecule has 1 aliphatic rings. The molecule has 5 heteroatoms. The van der Waals surface area contributed by atoms with Crippen LogP contribution in [0, 0.1) is 23.2 Å². The third-order valence-corrected chi connectivity index (χ3v) is 3.16. The van der Waals surface area contributed by atoms with Gasteiger partial charge in [-0.2, -0.15) is 0 Å². The number of carboxylic acid groups (broad SMARTS) is 1. The first-order valence-corrected chi connectivity index (χ1v) is 6.91. The molecule has 0 spiro atoms. The zero-order valence-corrected chi connectivity index (χ0v) is 12.5. The van der Waals surface area contributed by atoms with Crippen LogP contribution in [0.5, 0.6) is 0 Å². The molecule has 0 heterocycles. The Morgan fingerprint density at radius 2 is 2.05 bits per heavy atom. The highest BCUT2D eigenvalue weighted by Crippen LogP contribution is 2.36. The number of carbonyl (C=O) groups excluding carboxylic acids is 1. The van der Waals surface area contributed by atoms with E-state index in [0.29, 0.717) is 0 Å². The van der Waals surface area contributed by atoms with E-state index in [2.05, 4.69) is 17.2 Å². The first kappa shape index (κ1) is 16.4. The summed E-state index contributed by atoms with van der Waals surface area (Å²) in [5.41, 5.74) is -0.569. The van der Waals surface area contributed by atoms with Gasteiger partial charge >= 0.3 is 12.1 Å². The van der Waals surface area contributed by atoms with Crippen molar-refractivity contribution in [2.75, 3.05) is 0 Å². The summed E-state index contributed by atoms with van der Waals surface area (Å²) < 4.78 is 5.20. The van der Waals surface area contributed by atoms with E-state index < -0.39 is 23.5 Å². The Balaban J connectivity index is 2.39. The van der Waals surface area contributed by atoms with Crippen LogP contribution in [0.1, 0.15) is 47.0 Å². The van der Waals surface area contributed by atoms with Gasteiger partial charge in [0.15, 0.2) is 0 Å². The average Bonchev–Trinajstić information content (AvgIpc) is 3.03. The van der Waals surface area contributed by atoms with Gasteiger partial charge in [0, 0.05) is 18.8 Å². The summed E-state index contributed by atoms with van der Waals surface area (Å²) in [4.78, 5) is 22.8. The van der Waals surface area contributed by atoms with Crippen molar-refractivity contribution in [3.63, 3.8) is 0 Å². The van der Waals surface area contributed by atoms with Crippen molar-refractivity contribution in [2.45, 2.75) is 59.1 Å². The smallest absolute Gasteiger partial charge is 0.408 e. The van der Waals surface area contributed by atoms with Crippen molar-refractivity contribution < 1.29 is 19.4 Å². The number of amides is 1. The predicted molar refractivity (Wildman–Crippen MR) is 75.1 cm³/mol. The van der Waals surface area contributed by atoms with E-state index in [1.807, 2.05) is 6.92 Å². The Hall–Kier alpha value is -1.70. The maximum Gasteiger partial charge on any atom is 0.408 e. The number of ether oxygens (including phenoxy) is 1. The van der Waals surface area contributed by atoms with Crippen molar-refractivity contribution >= 4 is 12.1 Å². The summed E-state index contributed by atoms with van der Waals surface area (Å²) in [5, 5.41) is 11.5. The lowest BCUT2D eigenvalue weighted by Crippen LogP contribution is -2.49. The van der Waals surface area contributed by atoms with Gasteiger partial charge in [-0.1, -0.05) is 27.7 Å². The Kier molecular flexibility index (Phi) is 5.43. The molecule has 112 valence electrons. The molecule has 0 aliphatic heterocycles. The molecular formula is C15H23NO4. The van der Waals surface area contributed by atoms with Crippen molar-refractivity contribution in [1.82, 2.24) is 5.32 Å². The Labute approximate surface area is 120 Å². The van der Waals surface area contributed by atoms with Crippen LogP contribution in [0.2, 0.25) is 0 Å². The minimum absolute atomic E-state index is 0.129. The average molecular weight is 281 g/mol. The highest BCUT2D eigenvalue weighted by Gasteiger charge is 2.41.